The number of fused-ring (bicyclic) bond motifs is 1. The number of hydrogen-bond acceptors (Lipinski definition) is 2. The maximum Gasteiger partial charge on any atom is 0.0405 e. The molecule has 1 aromatic rings. The van der Waals surface area contributed by atoms with Gasteiger partial charge in [-0.1, -0.05) is 38.0 Å². The molecule has 2 atom stereocenters. The molecule has 18 heavy (non-hydrogen) atoms. The molecule has 2 aliphatic rings. The number of rotatable bonds is 3. The number of hydrogen-bond donors (Lipinski definition) is 1. The Kier molecular flexibility index (Phi) is 3.29. The van der Waals surface area contributed by atoms with E-state index in [1.165, 1.54) is 43.5 Å². The van der Waals surface area contributed by atoms with Crippen molar-refractivity contribution < 1.29 is 0 Å². The molecule has 2 nitrogen and oxygen atoms in total. The van der Waals surface area contributed by atoms with E-state index in [4.69, 9.17) is 5.73 Å². The van der Waals surface area contributed by atoms with Crippen molar-refractivity contribution in [3.8, 4) is 0 Å². The van der Waals surface area contributed by atoms with E-state index in [0.29, 0.717) is 11.8 Å². The Morgan fingerprint density at radius 3 is 2.72 bits per heavy atom. The van der Waals surface area contributed by atoms with Gasteiger partial charge in [0.25, 0.3) is 0 Å². The topological polar surface area (TPSA) is 29.3 Å². The molecule has 1 aliphatic heterocycles. The highest BCUT2D eigenvalue weighted by atomic mass is 15.2. The lowest BCUT2D eigenvalue weighted by atomic mass is 9.89. The van der Waals surface area contributed by atoms with Crippen LogP contribution in [0.5, 0.6) is 0 Å². The van der Waals surface area contributed by atoms with Crippen molar-refractivity contribution >= 4 is 5.69 Å². The van der Waals surface area contributed by atoms with Gasteiger partial charge in [0.15, 0.2) is 0 Å². The third-order valence-corrected chi connectivity index (χ3v) is 4.86. The molecule has 0 aromatic heterocycles. The molecule has 1 heterocycles. The Labute approximate surface area is 110 Å². The van der Waals surface area contributed by atoms with Crippen LogP contribution in [0.1, 0.15) is 44.1 Å². The van der Waals surface area contributed by atoms with Crippen molar-refractivity contribution in [2.75, 3.05) is 18.0 Å². The molecule has 1 fully saturated rings. The zero-order valence-electron chi connectivity index (χ0n) is 11.3. The summed E-state index contributed by atoms with van der Waals surface area (Å²) in [6, 6.07) is 9.74. The lowest BCUT2D eigenvalue weighted by Crippen LogP contribution is -2.33. The lowest BCUT2D eigenvalue weighted by molar-refractivity contribution is 0.469. The van der Waals surface area contributed by atoms with Crippen molar-refractivity contribution in [3.05, 3.63) is 29.8 Å². The second-order valence-electron chi connectivity index (χ2n) is 5.97. The van der Waals surface area contributed by atoms with Gasteiger partial charge in [-0.2, -0.15) is 0 Å². The molecule has 2 heteroatoms. The number of anilines is 1. The average Bonchev–Trinajstić information content (AvgIpc) is 3.04. The Balaban J connectivity index is 1.90. The number of benzene rings is 1. The molecule has 2 N–H and O–H groups in total. The summed E-state index contributed by atoms with van der Waals surface area (Å²) < 4.78 is 0. The monoisotopic (exact) mass is 244 g/mol. The third kappa shape index (κ3) is 1.93. The van der Waals surface area contributed by atoms with Crippen LogP contribution in [0, 0.1) is 5.92 Å². The highest BCUT2D eigenvalue weighted by molar-refractivity contribution is 5.61. The Morgan fingerprint density at radius 2 is 2.00 bits per heavy atom. The van der Waals surface area contributed by atoms with E-state index in [-0.39, 0.29) is 0 Å². The average molecular weight is 244 g/mol. The Hall–Kier alpha value is -1.02. The summed E-state index contributed by atoms with van der Waals surface area (Å²) in [6.07, 6.45) is 5.55. The predicted octanol–water partition coefficient (Wildman–Crippen LogP) is 3.13. The first-order valence-corrected chi connectivity index (χ1v) is 7.37. The molecule has 0 amide bonds. The summed E-state index contributed by atoms with van der Waals surface area (Å²) in [6.45, 7) is 4.26. The molecule has 98 valence electrons. The SMILES string of the molecule is CC(CN)C1CN(C2CCCC2)c2ccccc21. The summed E-state index contributed by atoms with van der Waals surface area (Å²) >= 11 is 0. The fraction of sp³-hybridized carbons (Fsp3) is 0.625. The molecular weight excluding hydrogens is 220 g/mol. The highest BCUT2D eigenvalue weighted by Crippen LogP contribution is 2.43. The van der Waals surface area contributed by atoms with E-state index in [0.717, 1.165) is 12.6 Å². The number of nitrogens with two attached hydrogens (primary N) is 1. The summed E-state index contributed by atoms with van der Waals surface area (Å²) in [5, 5.41) is 0. The lowest BCUT2D eigenvalue weighted by Gasteiger charge is -2.28. The van der Waals surface area contributed by atoms with Crippen LogP contribution in [0.25, 0.3) is 0 Å². The van der Waals surface area contributed by atoms with Crippen molar-refractivity contribution in [1.82, 2.24) is 0 Å². The maximum absolute atomic E-state index is 5.89. The van der Waals surface area contributed by atoms with Gasteiger partial charge in [-0.15, -0.1) is 0 Å². The maximum atomic E-state index is 5.89. The largest absolute Gasteiger partial charge is 0.368 e. The van der Waals surface area contributed by atoms with Crippen LogP contribution < -0.4 is 10.6 Å². The van der Waals surface area contributed by atoms with Crippen LogP contribution in [-0.4, -0.2) is 19.1 Å². The van der Waals surface area contributed by atoms with Crippen LogP contribution in [0.2, 0.25) is 0 Å². The smallest absolute Gasteiger partial charge is 0.0405 e. The van der Waals surface area contributed by atoms with Crippen molar-refractivity contribution in [3.63, 3.8) is 0 Å². The Morgan fingerprint density at radius 1 is 1.28 bits per heavy atom. The molecule has 2 unspecified atom stereocenters. The molecular formula is C16H24N2. The van der Waals surface area contributed by atoms with Crippen molar-refractivity contribution in [1.29, 1.82) is 0 Å². The standard InChI is InChI=1S/C16H24N2/c1-12(10-17)15-11-18(13-6-2-3-7-13)16-9-5-4-8-14(15)16/h4-5,8-9,12-13,15H,2-3,6-7,10-11,17H2,1H3. The molecule has 1 aromatic carbocycles. The second kappa shape index (κ2) is 4.93. The molecule has 1 aliphatic carbocycles. The van der Waals surface area contributed by atoms with Gasteiger partial charge in [-0.25, -0.2) is 0 Å². The minimum Gasteiger partial charge on any atom is -0.368 e. The van der Waals surface area contributed by atoms with Gasteiger partial charge in [0.2, 0.25) is 0 Å². The molecule has 1 saturated carbocycles. The van der Waals surface area contributed by atoms with Gasteiger partial charge in [-0.05, 0) is 36.9 Å². The van der Waals surface area contributed by atoms with Crippen LogP contribution in [0.4, 0.5) is 5.69 Å². The van der Waals surface area contributed by atoms with Crippen LogP contribution >= 0.6 is 0 Å². The van der Waals surface area contributed by atoms with Gasteiger partial charge in [-0.3, -0.25) is 0 Å². The first-order valence-electron chi connectivity index (χ1n) is 7.37. The first-order chi connectivity index (χ1) is 8.81. The summed E-state index contributed by atoms with van der Waals surface area (Å²) in [7, 11) is 0. The molecule has 0 radical (unpaired) electrons. The van der Waals surface area contributed by atoms with Gasteiger partial charge < -0.3 is 10.6 Å². The molecule has 0 spiro atoms. The van der Waals surface area contributed by atoms with Crippen molar-refractivity contribution in [2.45, 2.75) is 44.6 Å². The van der Waals surface area contributed by atoms with E-state index >= 15 is 0 Å². The van der Waals surface area contributed by atoms with Crippen molar-refractivity contribution in [2.24, 2.45) is 11.7 Å². The summed E-state index contributed by atoms with van der Waals surface area (Å²) in [5.74, 6) is 1.21. The normalized spacial score (nSPS) is 25.4. The fourth-order valence-corrected chi connectivity index (χ4v) is 3.68. The van der Waals surface area contributed by atoms with E-state index < -0.39 is 0 Å². The van der Waals surface area contributed by atoms with Crippen LogP contribution in [0.3, 0.4) is 0 Å². The number of nitrogens with zero attached hydrogens (tertiary/aromatic N) is 1. The summed E-state index contributed by atoms with van der Waals surface area (Å²) in [4.78, 5) is 2.67. The second-order valence-corrected chi connectivity index (χ2v) is 5.97. The predicted molar refractivity (Wildman–Crippen MR) is 77.0 cm³/mol. The van der Waals surface area contributed by atoms with Crippen LogP contribution in [0.15, 0.2) is 24.3 Å². The van der Waals surface area contributed by atoms with E-state index in [1.54, 1.807) is 0 Å². The van der Waals surface area contributed by atoms with E-state index in [1.807, 2.05) is 0 Å². The summed E-state index contributed by atoms with van der Waals surface area (Å²) in [5.41, 5.74) is 8.90. The quantitative estimate of drug-likeness (QED) is 0.885. The minimum absolute atomic E-state index is 0.581. The zero-order chi connectivity index (χ0) is 12.5. The van der Waals surface area contributed by atoms with Crippen LogP contribution in [-0.2, 0) is 0 Å². The Bertz CT molecular complexity index is 409. The van der Waals surface area contributed by atoms with E-state index in [9.17, 15) is 0 Å². The highest BCUT2D eigenvalue weighted by Gasteiger charge is 2.35. The van der Waals surface area contributed by atoms with Gasteiger partial charge >= 0.3 is 0 Å². The number of para-hydroxylation sites is 1. The third-order valence-electron chi connectivity index (χ3n) is 4.86. The molecule has 0 bridgehead atoms. The van der Waals surface area contributed by atoms with Gasteiger partial charge in [0, 0.05) is 24.2 Å². The first kappa shape index (κ1) is 12.0. The minimum atomic E-state index is 0.581. The molecule has 0 saturated heterocycles. The van der Waals surface area contributed by atoms with Gasteiger partial charge in [0.1, 0.15) is 0 Å². The van der Waals surface area contributed by atoms with Gasteiger partial charge in [0.05, 0.1) is 0 Å². The van der Waals surface area contributed by atoms with E-state index in [2.05, 4.69) is 36.1 Å². The molecule has 3 rings (SSSR count). The zero-order valence-corrected chi connectivity index (χ0v) is 11.3. The fourth-order valence-electron chi connectivity index (χ4n) is 3.68.